The molecule has 0 heterocycles. The summed E-state index contributed by atoms with van der Waals surface area (Å²) in [5.41, 5.74) is 1.24. The van der Waals surface area contributed by atoms with Crippen LogP contribution in [0.5, 0.6) is 0 Å². The Morgan fingerprint density at radius 1 is 0.941 bits per heavy atom. The van der Waals surface area contributed by atoms with Crippen LogP contribution >= 0.6 is 0 Å². The van der Waals surface area contributed by atoms with Crippen molar-refractivity contribution in [3.63, 3.8) is 0 Å². The van der Waals surface area contributed by atoms with Crippen LogP contribution in [0.2, 0.25) is 0 Å². The predicted octanol–water partition coefficient (Wildman–Crippen LogP) is 2.06. The molecule has 0 saturated heterocycles. The Bertz CT molecular complexity index is 963. The summed E-state index contributed by atoms with van der Waals surface area (Å²) in [6, 6.07) is 15.6. The molecule has 186 valence electrons. The largest absolute Gasteiger partial charge is 0.465 e. The van der Waals surface area contributed by atoms with Crippen LogP contribution in [0.3, 0.4) is 0 Å². The van der Waals surface area contributed by atoms with Crippen molar-refractivity contribution >= 4 is 42.1 Å². The first-order chi connectivity index (χ1) is 16.2. The van der Waals surface area contributed by atoms with Gasteiger partial charge in [0.05, 0.1) is 13.2 Å². The maximum atomic E-state index is 11.8. The number of ether oxygens (including phenoxy) is 2. The average Bonchev–Trinajstić information content (AvgIpc) is 2.80. The molecule has 0 spiro atoms. The normalized spacial score (nSPS) is 12.1. The van der Waals surface area contributed by atoms with Gasteiger partial charge in [-0.2, -0.15) is 0 Å². The quantitative estimate of drug-likeness (QED) is 0.136. The SMILES string of the molecule is CC(=O)Nc1ccccc1[As](=O)(O)OO.CCOC(=O)C(CCc1ccccc1)C(=O)OCC. The molecule has 1 atom stereocenters. The van der Waals surface area contributed by atoms with E-state index in [0.717, 1.165) is 5.56 Å². The Labute approximate surface area is 201 Å². The fraction of sp³-hybridized carbons (Fsp3) is 0.348. The molecule has 11 heteroatoms. The molecule has 10 nitrogen and oxygen atoms in total. The van der Waals surface area contributed by atoms with E-state index in [-0.39, 0.29) is 29.2 Å². The first-order valence-corrected chi connectivity index (χ1v) is 13.9. The van der Waals surface area contributed by atoms with Crippen LogP contribution in [-0.4, -0.2) is 54.6 Å². The average molecular weight is 539 g/mol. The molecule has 2 aromatic rings. The Balaban J connectivity index is 0.000000350. The smallest absolute Gasteiger partial charge is 0.320 e. The molecule has 0 aliphatic carbocycles. The van der Waals surface area contributed by atoms with Gasteiger partial charge < -0.3 is 9.47 Å². The number of carbonyl (C=O) groups excluding carboxylic acids is 3. The number of amides is 1. The number of nitrogens with one attached hydrogen (secondary N) is 1. The van der Waals surface area contributed by atoms with Crippen molar-refractivity contribution in [3.05, 3.63) is 60.2 Å². The first-order valence-electron chi connectivity index (χ1n) is 10.6. The predicted molar refractivity (Wildman–Crippen MR) is 124 cm³/mol. The molecule has 0 aromatic heterocycles. The van der Waals surface area contributed by atoms with E-state index < -0.39 is 32.0 Å². The van der Waals surface area contributed by atoms with Crippen LogP contribution in [0.1, 0.15) is 32.8 Å². The third kappa shape index (κ3) is 9.92. The molecule has 1 unspecified atom stereocenters. The molecule has 3 N–H and O–H groups in total. The Morgan fingerprint density at radius 2 is 1.47 bits per heavy atom. The van der Waals surface area contributed by atoms with E-state index in [2.05, 4.69) is 9.19 Å². The van der Waals surface area contributed by atoms with Gasteiger partial charge in [0, 0.05) is 0 Å². The zero-order valence-corrected chi connectivity index (χ0v) is 21.2. The van der Waals surface area contributed by atoms with E-state index >= 15 is 0 Å². The number of carbonyl (C=O) groups is 3. The minimum atomic E-state index is -4.92. The fourth-order valence-corrected chi connectivity index (χ4v) is 4.51. The number of hydrogen-bond acceptors (Lipinski definition) is 8. The molecule has 0 bridgehead atoms. The molecule has 2 aromatic carbocycles. The summed E-state index contributed by atoms with van der Waals surface area (Å²) < 4.78 is 34.0. The summed E-state index contributed by atoms with van der Waals surface area (Å²) in [6.45, 7) is 5.24. The molecule has 0 aliphatic heterocycles. The number of para-hydroxylation sites is 1. The van der Waals surface area contributed by atoms with Crippen LogP contribution in [-0.2, 0) is 37.9 Å². The summed E-state index contributed by atoms with van der Waals surface area (Å²) in [6.07, 6.45) is 1.05. The number of hydrogen-bond donors (Lipinski definition) is 3. The van der Waals surface area contributed by atoms with Gasteiger partial charge in [-0.25, -0.2) is 0 Å². The van der Waals surface area contributed by atoms with Gasteiger partial charge in [0.15, 0.2) is 5.92 Å². The van der Waals surface area contributed by atoms with Gasteiger partial charge >= 0.3 is 100 Å². The van der Waals surface area contributed by atoms with Crippen LogP contribution < -0.4 is 9.67 Å². The van der Waals surface area contributed by atoms with E-state index in [1.54, 1.807) is 19.9 Å². The zero-order chi connectivity index (χ0) is 25.6. The maximum Gasteiger partial charge on any atom is 0.320 e. The maximum absolute atomic E-state index is 11.8. The molecular formula is C23H30AsNO9. The molecule has 0 aliphatic rings. The number of benzene rings is 2. The Hall–Kier alpha value is -2.91. The molecule has 2 rings (SSSR count). The third-order valence-corrected chi connectivity index (χ3v) is 6.90. The van der Waals surface area contributed by atoms with Gasteiger partial charge in [-0.05, 0) is 32.3 Å². The van der Waals surface area contributed by atoms with Crippen molar-refractivity contribution in [1.29, 1.82) is 0 Å². The summed E-state index contributed by atoms with van der Waals surface area (Å²) >= 11 is -4.92. The number of aryl methyl sites for hydroxylation is 1. The minimum absolute atomic E-state index is 0.103. The van der Waals surface area contributed by atoms with E-state index in [1.807, 2.05) is 30.3 Å². The van der Waals surface area contributed by atoms with E-state index in [1.165, 1.54) is 25.1 Å². The molecule has 34 heavy (non-hydrogen) atoms. The van der Waals surface area contributed by atoms with E-state index in [0.29, 0.717) is 12.8 Å². The van der Waals surface area contributed by atoms with Crippen molar-refractivity contribution in [3.8, 4) is 0 Å². The number of anilines is 1. The van der Waals surface area contributed by atoms with Crippen LogP contribution in [0.4, 0.5) is 5.69 Å². The second-order valence-corrected chi connectivity index (χ2v) is 10.4. The summed E-state index contributed by atoms with van der Waals surface area (Å²) in [5, 5.41) is 10.7. The van der Waals surface area contributed by atoms with Crippen LogP contribution in [0, 0.1) is 5.92 Å². The fourth-order valence-electron chi connectivity index (χ4n) is 2.83. The van der Waals surface area contributed by atoms with Crippen molar-refractivity contribution < 1.29 is 40.8 Å². The summed E-state index contributed by atoms with van der Waals surface area (Å²) in [4.78, 5) is 34.3. The molecule has 0 radical (unpaired) electrons. The monoisotopic (exact) mass is 539 g/mol. The van der Waals surface area contributed by atoms with Gasteiger partial charge in [0.1, 0.15) is 0 Å². The van der Waals surface area contributed by atoms with Crippen molar-refractivity contribution in [1.82, 2.24) is 0 Å². The minimum Gasteiger partial charge on any atom is -0.465 e. The van der Waals surface area contributed by atoms with E-state index in [9.17, 15) is 22.2 Å². The van der Waals surface area contributed by atoms with Crippen molar-refractivity contribution in [2.24, 2.45) is 5.92 Å². The molecular weight excluding hydrogens is 509 g/mol. The number of esters is 2. The summed E-state index contributed by atoms with van der Waals surface area (Å²) in [5.74, 6) is -2.22. The number of rotatable bonds is 10. The van der Waals surface area contributed by atoms with Crippen LogP contribution in [0.25, 0.3) is 0 Å². The molecule has 0 saturated carbocycles. The second-order valence-electron chi connectivity index (χ2n) is 6.88. The Morgan fingerprint density at radius 3 is 1.97 bits per heavy atom. The third-order valence-electron chi connectivity index (χ3n) is 4.34. The summed E-state index contributed by atoms with van der Waals surface area (Å²) in [7, 11) is 0. The van der Waals surface area contributed by atoms with E-state index in [4.69, 9.17) is 14.7 Å². The van der Waals surface area contributed by atoms with Crippen LogP contribution in [0.15, 0.2) is 54.6 Å². The van der Waals surface area contributed by atoms with Gasteiger partial charge in [0.2, 0.25) is 0 Å². The Kier molecular flexibility index (Phi) is 12.9. The van der Waals surface area contributed by atoms with Crippen molar-refractivity contribution in [2.75, 3.05) is 18.5 Å². The van der Waals surface area contributed by atoms with Gasteiger partial charge in [-0.1, -0.05) is 30.3 Å². The van der Waals surface area contributed by atoms with Gasteiger partial charge in [-0.3, -0.25) is 9.59 Å². The van der Waals surface area contributed by atoms with Gasteiger partial charge in [0.25, 0.3) is 0 Å². The first kappa shape index (κ1) is 29.1. The zero-order valence-electron chi connectivity index (χ0n) is 19.3. The van der Waals surface area contributed by atoms with Crippen molar-refractivity contribution in [2.45, 2.75) is 33.6 Å². The topological polar surface area (TPSA) is 148 Å². The molecule has 1 amide bonds. The van der Waals surface area contributed by atoms with Gasteiger partial charge in [-0.15, -0.1) is 0 Å². The standard InChI is InChI=1S/C15H20O4.C8H10AsNO5/c1-3-18-14(16)13(15(17)19-4-2)11-10-12-8-6-5-7-9-12;1-6(11)10-8-5-3-2-4-7(8)9(12,13)15-14/h5-9,13H,3-4,10-11H2,1-2H3;2-5,14H,1H3,(H,10,11)(H,12,13). The molecule has 0 fully saturated rings. The second kappa shape index (κ2) is 15.1.